The Labute approximate surface area is 431 Å². The summed E-state index contributed by atoms with van der Waals surface area (Å²) in [5.74, 6) is -1.39. The van der Waals surface area contributed by atoms with E-state index in [0.717, 1.165) is 42.5 Å². The van der Waals surface area contributed by atoms with Gasteiger partial charge in [-0.15, -0.1) is 30.7 Å². The number of nitrogens with two attached hydrogens (primary N) is 2. The highest BCUT2D eigenvalue weighted by molar-refractivity contribution is 7.91. The number of hydrogen-bond acceptors (Lipinski definition) is 24. The number of nitro groups is 2. The molecule has 0 amide bonds. The molecule has 0 radical (unpaired) electrons. The summed E-state index contributed by atoms with van der Waals surface area (Å²) >= 11 is 0. The zero-order valence-corrected chi connectivity index (χ0v) is 41.3. The molecule has 0 bridgehead atoms. The van der Waals surface area contributed by atoms with E-state index in [1.165, 1.54) is 72.8 Å². The van der Waals surface area contributed by atoms with Crippen LogP contribution in [0.25, 0.3) is 21.5 Å². The summed E-state index contributed by atoms with van der Waals surface area (Å²) in [4.78, 5) is 18.4. The van der Waals surface area contributed by atoms with Crippen LogP contribution in [0.5, 0.6) is 11.5 Å². The van der Waals surface area contributed by atoms with E-state index in [9.17, 15) is 77.8 Å². The maximum Gasteiger partial charge on any atom is 0.298 e. The third kappa shape index (κ3) is 11.1. The summed E-state index contributed by atoms with van der Waals surface area (Å²) in [5, 5.41) is 76.9. The van der Waals surface area contributed by atoms with Crippen LogP contribution in [-0.4, -0.2) is 67.4 Å². The van der Waals surface area contributed by atoms with E-state index in [1.54, 1.807) is 0 Å². The molecule has 33 heteroatoms. The van der Waals surface area contributed by atoms with Gasteiger partial charge in [0.1, 0.15) is 26.1 Å². The summed E-state index contributed by atoms with van der Waals surface area (Å²) in [5.41, 5.74) is 8.62. The van der Waals surface area contributed by atoms with Crippen molar-refractivity contribution in [1.82, 2.24) is 0 Å². The molecule has 0 saturated heterocycles. The Bertz CT molecular complexity index is 4430. The van der Waals surface area contributed by atoms with Crippen molar-refractivity contribution in [1.29, 1.82) is 0 Å². The third-order valence-electron chi connectivity index (χ3n) is 10.9. The van der Waals surface area contributed by atoms with Crippen LogP contribution in [0.4, 0.5) is 68.2 Å². The second-order valence-electron chi connectivity index (χ2n) is 15.7. The first-order valence-electron chi connectivity index (χ1n) is 20.9. The van der Waals surface area contributed by atoms with Gasteiger partial charge < -0.3 is 21.7 Å². The first-order chi connectivity index (χ1) is 36.1. The predicted molar refractivity (Wildman–Crippen MR) is 271 cm³/mol. The van der Waals surface area contributed by atoms with Crippen LogP contribution in [0.3, 0.4) is 0 Å². The van der Waals surface area contributed by atoms with Gasteiger partial charge in [-0.1, -0.05) is 0 Å². The molecule has 0 unspecified atom stereocenters. The molecule has 0 aliphatic heterocycles. The van der Waals surface area contributed by atoms with Gasteiger partial charge in [0, 0.05) is 34.3 Å². The fraction of sp³-hybridized carbons (Fsp3) is 0. The molecule has 8 rings (SSSR count). The number of sulfone groups is 1. The van der Waals surface area contributed by atoms with Crippen LogP contribution < -0.4 is 11.5 Å². The van der Waals surface area contributed by atoms with Crippen molar-refractivity contribution in [3.8, 4) is 11.5 Å². The van der Waals surface area contributed by atoms with Gasteiger partial charge in [0.25, 0.3) is 41.7 Å². The van der Waals surface area contributed by atoms with Gasteiger partial charge >= 0.3 is 0 Å². The maximum absolute atomic E-state index is 13.6. The molecule has 0 aromatic heterocycles. The summed E-state index contributed by atoms with van der Waals surface area (Å²) < 4.78 is 127. The number of hydrogen-bond donors (Lipinski definition) is 7. The van der Waals surface area contributed by atoms with E-state index in [0.29, 0.717) is 12.1 Å². The number of fused-ring (bicyclic) bond motifs is 2. The van der Waals surface area contributed by atoms with Crippen molar-refractivity contribution in [3.63, 3.8) is 0 Å². The fourth-order valence-electron chi connectivity index (χ4n) is 7.19. The zero-order chi connectivity index (χ0) is 55.9. The molecule has 29 nitrogen and oxygen atoms in total. The Morgan fingerprint density at radius 3 is 1.22 bits per heavy atom. The second-order valence-corrected chi connectivity index (χ2v) is 21.9. The number of nitro benzene ring substituents is 2. The minimum Gasteiger partial charge on any atom is -0.505 e. The van der Waals surface area contributed by atoms with Crippen LogP contribution in [0.2, 0.25) is 0 Å². The summed E-state index contributed by atoms with van der Waals surface area (Å²) in [7, 11) is -19.1. The van der Waals surface area contributed by atoms with E-state index < -0.39 is 99.0 Å². The topological polar surface area (TPSA) is 475 Å². The van der Waals surface area contributed by atoms with E-state index in [4.69, 9.17) is 11.5 Å². The lowest BCUT2D eigenvalue weighted by atomic mass is 10.0. The molecule has 0 aliphatic rings. The molecule has 77 heavy (non-hydrogen) atoms. The van der Waals surface area contributed by atoms with Crippen LogP contribution in [0.15, 0.2) is 193 Å². The lowest BCUT2D eigenvalue weighted by Gasteiger charge is -2.12. The fourth-order valence-corrected chi connectivity index (χ4v) is 10.1. The number of nitrogens with zero attached hydrogens (tertiary/aromatic N) is 10. The average Bonchev–Trinajstić information content (AvgIpc) is 3.38. The standard InChI is InChI=1S/C44H30N12O17S4/c45-30-12-17-32(49-51-34-14-9-26(75(65,66)67)19-37(34)55(59)60)28-11-16-36(43(57)40(28)30)53-47-22-1-5-24(6-2-22)74(63,64)25-7-3-23(4-8-25)48-54-42-39(77(71,72)73)21-29-33(18-13-31(46)41(29)44(42)58)50-52-35-15-10-27(76(68,69)70)20-38(35)56(61)62/h1-21,57-58H,45-46H2,(H,65,66,67)(H,68,69,70)(H,71,72,73). The molecule has 0 heterocycles. The molecule has 0 atom stereocenters. The number of azo groups is 4. The Hall–Kier alpha value is -9.64. The molecule has 8 aromatic carbocycles. The third-order valence-corrected chi connectivity index (χ3v) is 15.2. The Morgan fingerprint density at radius 1 is 0.403 bits per heavy atom. The summed E-state index contributed by atoms with van der Waals surface area (Å²) in [6, 6.07) is 23.2. The van der Waals surface area contributed by atoms with Crippen LogP contribution in [0, 0.1) is 20.2 Å². The van der Waals surface area contributed by atoms with Crippen LogP contribution >= 0.6 is 0 Å². The Morgan fingerprint density at radius 2 is 0.779 bits per heavy atom. The lowest BCUT2D eigenvalue weighted by molar-refractivity contribution is -0.384. The van der Waals surface area contributed by atoms with E-state index in [-0.39, 0.29) is 76.8 Å². The van der Waals surface area contributed by atoms with Crippen molar-refractivity contribution in [2.45, 2.75) is 24.5 Å². The van der Waals surface area contributed by atoms with Gasteiger partial charge in [0.2, 0.25) is 9.84 Å². The molecular formula is C44H30N12O17S4. The highest BCUT2D eigenvalue weighted by atomic mass is 32.2. The highest BCUT2D eigenvalue weighted by Gasteiger charge is 2.26. The number of nitrogen functional groups attached to an aromatic ring is 2. The van der Waals surface area contributed by atoms with Crippen molar-refractivity contribution >= 4 is 130 Å². The molecule has 0 fully saturated rings. The normalized spacial score (nSPS) is 12.7. The molecule has 0 aliphatic carbocycles. The van der Waals surface area contributed by atoms with Crippen molar-refractivity contribution < 1.29 is 67.4 Å². The second kappa shape index (κ2) is 20.2. The van der Waals surface area contributed by atoms with Crippen LogP contribution in [0.1, 0.15) is 0 Å². The SMILES string of the molecule is Nc1ccc(N=Nc2ccc(S(=O)(=O)O)cc2[N+](=O)[O-])c2ccc(N=Nc3ccc(S(=O)(=O)c4ccc(N=Nc5c(S(=O)(=O)O)cc6c(N=Nc7ccc(S(=O)(=O)O)cc7[N+](=O)[O-])ccc(N)c6c5O)cc4)cc3)c(O)c12. The van der Waals surface area contributed by atoms with Gasteiger partial charge in [0.15, 0.2) is 22.9 Å². The Kier molecular flexibility index (Phi) is 14.1. The molecule has 9 N–H and O–H groups in total. The summed E-state index contributed by atoms with van der Waals surface area (Å²) in [6.45, 7) is 0. The van der Waals surface area contributed by atoms with E-state index in [1.807, 2.05) is 0 Å². The largest absolute Gasteiger partial charge is 0.505 e. The summed E-state index contributed by atoms with van der Waals surface area (Å²) in [6.07, 6.45) is 0. The number of anilines is 2. The number of aromatic hydroxyl groups is 2. The first-order valence-corrected chi connectivity index (χ1v) is 26.7. The van der Waals surface area contributed by atoms with E-state index in [2.05, 4.69) is 40.9 Å². The monoisotopic (exact) mass is 1130 g/mol. The van der Waals surface area contributed by atoms with Gasteiger partial charge in [-0.3, -0.25) is 33.9 Å². The molecular weight excluding hydrogens is 1100 g/mol. The molecule has 0 saturated carbocycles. The minimum absolute atomic E-state index is 0.0480. The van der Waals surface area contributed by atoms with E-state index >= 15 is 0 Å². The van der Waals surface area contributed by atoms with Crippen molar-refractivity contribution in [2.75, 3.05) is 11.5 Å². The molecule has 0 spiro atoms. The van der Waals surface area contributed by atoms with Crippen molar-refractivity contribution in [3.05, 3.63) is 148 Å². The van der Waals surface area contributed by atoms with Gasteiger partial charge in [-0.05, 0) is 115 Å². The quantitative estimate of drug-likeness (QED) is 0.0165. The van der Waals surface area contributed by atoms with Gasteiger partial charge in [0.05, 0.1) is 53.2 Å². The van der Waals surface area contributed by atoms with Gasteiger partial charge in [-0.2, -0.15) is 35.5 Å². The number of phenolic OH excluding ortho intramolecular Hbond substituents is 2. The Balaban J connectivity index is 1.01. The molecule has 8 aromatic rings. The number of rotatable bonds is 15. The number of benzene rings is 8. The van der Waals surface area contributed by atoms with Gasteiger partial charge in [-0.25, -0.2) is 8.42 Å². The predicted octanol–water partition coefficient (Wildman–Crippen LogP) is 10.6. The number of phenols is 2. The smallest absolute Gasteiger partial charge is 0.298 e. The first kappa shape index (κ1) is 53.6. The minimum atomic E-state index is -5.23. The average molecular weight is 1130 g/mol. The lowest BCUT2D eigenvalue weighted by Crippen LogP contribution is -2.01. The van der Waals surface area contributed by atoms with Crippen LogP contribution in [-0.2, 0) is 40.2 Å². The highest BCUT2D eigenvalue weighted by Crippen LogP contribution is 2.47. The van der Waals surface area contributed by atoms with Crippen molar-refractivity contribution in [2.24, 2.45) is 40.9 Å². The maximum atomic E-state index is 13.6. The zero-order valence-electron chi connectivity index (χ0n) is 38.0. The molecule has 392 valence electrons.